The molecular formula is C27H40N4O2S. The zero-order chi connectivity index (χ0) is 24.5. The van der Waals surface area contributed by atoms with E-state index in [2.05, 4.69) is 42.5 Å². The first-order valence-corrected chi connectivity index (χ1v) is 13.8. The summed E-state index contributed by atoms with van der Waals surface area (Å²) in [6.45, 7) is 9.89. The van der Waals surface area contributed by atoms with E-state index in [9.17, 15) is 9.59 Å². The molecule has 1 aromatic rings. The van der Waals surface area contributed by atoms with Crippen LogP contribution < -0.4 is 10.2 Å². The Balaban J connectivity index is 1.28. The molecule has 34 heavy (non-hydrogen) atoms. The fourth-order valence-electron chi connectivity index (χ4n) is 5.76. The molecular weight excluding hydrogens is 444 g/mol. The van der Waals surface area contributed by atoms with Crippen molar-refractivity contribution >= 4 is 35.3 Å². The third kappa shape index (κ3) is 5.35. The van der Waals surface area contributed by atoms with Crippen LogP contribution in [0.15, 0.2) is 17.1 Å². The van der Waals surface area contributed by atoms with E-state index in [4.69, 9.17) is 4.99 Å². The molecule has 2 fully saturated rings. The minimum Gasteiger partial charge on any atom is -0.315 e. The summed E-state index contributed by atoms with van der Waals surface area (Å²) < 4.78 is 2.41. The zero-order valence-electron chi connectivity index (χ0n) is 21.4. The zero-order valence-corrected chi connectivity index (χ0v) is 22.3. The summed E-state index contributed by atoms with van der Waals surface area (Å²) in [5.74, 6) is 3.42. The van der Waals surface area contributed by atoms with Crippen molar-refractivity contribution in [3.05, 3.63) is 28.8 Å². The van der Waals surface area contributed by atoms with Gasteiger partial charge >= 0.3 is 0 Å². The molecule has 186 valence electrons. The third-order valence-electron chi connectivity index (χ3n) is 7.97. The number of carbonyl (C=O) groups excluding carboxylic acids is 2. The molecule has 6 nitrogen and oxygen atoms in total. The van der Waals surface area contributed by atoms with Gasteiger partial charge in [0.25, 0.3) is 5.91 Å². The van der Waals surface area contributed by atoms with Gasteiger partial charge in [0.05, 0.1) is 0 Å². The lowest BCUT2D eigenvalue weighted by Crippen LogP contribution is -2.47. The maximum Gasteiger partial charge on any atom is 0.253 e. The van der Waals surface area contributed by atoms with E-state index >= 15 is 0 Å². The Morgan fingerprint density at radius 2 is 1.79 bits per heavy atom. The van der Waals surface area contributed by atoms with Crippen molar-refractivity contribution in [2.45, 2.75) is 78.2 Å². The van der Waals surface area contributed by atoms with Crippen molar-refractivity contribution in [2.75, 3.05) is 30.8 Å². The number of aliphatic imine (C=N–C) groups is 1. The molecule has 0 aromatic heterocycles. The Labute approximate surface area is 209 Å². The SMILES string of the molecule is CC(=O)N(C)c1c(C)cc(CCSN2CCC3(CC2)N=C(C2CCC(C)CC2)NC3=O)cc1C. The monoisotopic (exact) mass is 484 g/mol. The van der Waals surface area contributed by atoms with Gasteiger partial charge in [-0.25, -0.2) is 0 Å². The number of rotatable bonds is 6. The molecule has 2 heterocycles. The minimum absolute atomic E-state index is 0.0538. The average Bonchev–Trinajstić information content (AvgIpc) is 3.10. The smallest absolute Gasteiger partial charge is 0.253 e. The van der Waals surface area contributed by atoms with Crippen molar-refractivity contribution in [3.63, 3.8) is 0 Å². The van der Waals surface area contributed by atoms with Crippen molar-refractivity contribution in [1.29, 1.82) is 0 Å². The van der Waals surface area contributed by atoms with Crippen molar-refractivity contribution < 1.29 is 9.59 Å². The van der Waals surface area contributed by atoms with E-state index in [1.807, 2.05) is 19.0 Å². The van der Waals surface area contributed by atoms with Gasteiger partial charge in [-0.2, -0.15) is 0 Å². The predicted octanol–water partition coefficient (Wildman–Crippen LogP) is 4.67. The van der Waals surface area contributed by atoms with E-state index < -0.39 is 5.54 Å². The van der Waals surface area contributed by atoms with Crippen molar-refractivity contribution in [2.24, 2.45) is 16.8 Å². The average molecular weight is 485 g/mol. The molecule has 1 aromatic carbocycles. The van der Waals surface area contributed by atoms with Gasteiger partial charge in [0, 0.05) is 44.4 Å². The molecule has 0 unspecified atom stereocenters. The summed E-state index contributed by atoms with van der Waals surface area (Å²) in [5, 5.41) is 3.17. The van der Waals surface area contributed by atoms with Crippen LogP contribution in [-0.4, -0.2) is 53.4 Å². The lowest BCUT2D eigenvalue weighted by molar-refractivity contribution is -0.125. The number of hydrogen-bond donors (Lipinski definition) is 1. The highest BCUT2D eigenvalue weighted by Crippen LogP contribution is 2.36. The molecule has 1 saturated carbocycles. The molecule has 3 aliphatic rings. The van der Waals surface area contributed by atoms with E-state index in [1.54, 1.807) is 11.8 Å². The molecule has 0 bridgehead atoms. The Bertz CT molecular complexity index is 936. The van der Waals surface area contributed by atoms with Crippen LogP contribution >= 0.6 is 11.9 Å². The first-order chi connectivity index (χ1) is 16.2. The number of nitrogens with zero attached hydrogens (tertiary/aromatic N) is 3. The van der Waals surface area contributed by atoms with E-state index in [0.29, 0.717) is 5.92 Å². The summed E-state index contributed by atoms with van der Waals surface area (Å²) in [5.41, 5.74) is 4.09. The number of aryl methyl sites for hydroxylation is 3. The van der Waals surface area contributed by atoms with E-state index in [1.165, 1.54) is 18.4 Å². The van der Waals surface area contributed by atoms with Gasteiger partial charge < -0.3 is 10.2 Å². The standard InChI is InChI=1S/C27H40N4O2S/c1-18-6-8-23(9-7-18)25-28-26(33)27(29-25)11-13-31(14-12-27)34-15-10-22-16-19(2)24(20(3)17-22)30(5)21(4)32/h16-18,23H,6-15H2,1-5H3,(H,28,29,33). The van der Waals surface area contributed by atoms with E-state index in [0.717, 1.165) is 79.5 Å². The van der Waals surface area contributed by atoms with Crippen LogP contribution in [-0.2, 0) is 16.0 Å². The summed E-state index contributed by atoms with van der Waals surface area (Å²) in [6.07, 6.45) is 7.40. The highest BCUT2D eigenvalue weighted by Gasteiger charge is 2.47. The van der Waals surface area contributed by atoms with Gasteiger partial charge in [0.15, 0.2) is 0 Å². The number of nitrogens with one attached hydrogen (secondary N) is 1. The maximum absolute atomic E-state index is 12.9. The molecule has 0 radical (unpaired) electrons. The number of amides is 2. The summed E-state index contributed by atoms with van der Waals surface area (Å²) in [6, 6.07) is 4.41. The second kappa shape index (κ2) is 10.4. The molecule has 1 saturated heterocycles. The first-order valence-electron chi connectivity index (χ1n) is 12.8. The van der Waals surface area contributed by atoms with Crippen LogP contribution in [0.25, 0.3) is 0 Å². The molecule has 2 aliphatic heterocycles. The van der Waals surface area contributed by atoms with Crippen LogP contribution in [0.3, 0.4) is 0 Å². The van der Waals surface area contributed by atoms with Crippen molar-refractivity contribution in [1.82, 2.24) is 9.62 Å². The highest BCUT2D eigenvalue weighted by atomic mass is 32.2. The minimum atomic E-state index is -0.526. The van der Waals surface area contributed by atoms with Crippen LogP contribution in [0, 0.1) is 25.7 Å². The third-order valence-corrected chi connectivity index (χ3v) is 9.09. The second-order valence-electron chi connectivity index (χ2n) is 10.6. The van der Waals surface area contributed by atoms with Gasteiger partial charge in [-0.1, -0.05) is 43.8 Å². The number of carbonyl (C=O) groups is 2. The Morgan fingerprint density at radius 3 is 2.38 bits per heavy atom. The lowest BCUT2D eigenvalue weighted by atomic mass is 9.82. The fourth-order valence-corrected chi connectivity index (χ4v) is 6.79. The summed E-state index contributed by atoms with van der Waals surface area (Å²) in [4.78, 5) is 31.4. The van der Waals surface area contributed by atoms with Crippen LogP contribution in [0.5, 0.6) is 0 Å². The van der Waals surface area contributed by atoms with Gasteiger partial charge in [0.1, 0.15) is 11.4 Å². The largest absolute Gasteiger partial charge is 0.315 e. The highest BCUT2D eigenvalue weighted by molar-refractivity contribution is 7.97. The predicted molar refractivity (Wildman–Crippen MR) is 141 cm³/mol. The molecule has 4 rings (SSSR count). The summed E-state index contributed by atoms with van der Waals surface area (Å²) in [7, 11) is 1.84. The van der Waals surface area contributed by atoms with Crippen LogP contribution in [0.2, 0.25) is 0 Å². The fraction of sp³-hybridized carbons (Fsp3) is 0.667. The van der Waals surface area contributed by atoms with Crippen LogP contribution in [0.1, 0.15) is 69.1 Å². The van der Waals surface area contributed by atoms with Crippen molar-refractivity contribution in [3.8, 4) is 0 Å². The number of amidine groups is 1. The molecule has 0 atom stereocenters. The summed E-state index contributed by atoms with van der Waals surface area (Å²) >= 11 is 1.88. The quantitative estimate of drug-likeness (QED) is 0.596. The van der Waals surface area contributed by atoms with Crippen LogP contribution in [0.4, 0.5) is 5.69 Å². The Hall–Kier alpha value is -1.86. The van der Waals surface area contributed by atoms with Gasteiger partial charge in [-0.05, 0) is 68.6 Å². The van der Waals surface area contributed by atoms with Gasteiger partial charge in [-0.3, -0.25) is 18.9 Å². The number of anilines is 1. The Kier molecular flexibility index (Phi) is 7.72. The maximum atomic E-state index is 12.9. The van der Waals surface area contributed by atoms with Gasteiger partial charge in [-0.15, -0.1) is 0 Å². The Morgan fingerprint density at radius 1 is 1.18 bits per heavy atom. The molecule has 1 aliphatic carbocycles. The number of benzene rings is 1. The topological polar surface area (TPSA) is 65.0 Å². The normalized spacial score (nSPS) is 24.7. The molecule has 1 spiro atoms. The number of hydrogen-bond acceptors (Lipinski definition) is 5. The number of piperidine rings is 1. The second-order valence-corrected chi connectivity index (χ2v) is 11.8. The van der Waals surface area contributed by atoms with Gasteiger partial charge in [0.2, 0.25) is 5.91 Å². The molecule has 2 amide bonds. The molecule has 1 N–H and O–H groups in total. The first kappa shape index (κ1) is 25.2. The lowest BCUT2D eigenvalue weighted by Gasteiger charge is -2.34. The van der Waals surface area contributed by atoms with E-state index in [-0.39, 0.29) is 11.8 Å². The molecule has 7 heteroatoms.